The van der Waals surface area contributed by atoms with Crippen LogP contribution in [0.4, 0.5) is 10.5 Å². The van der Waals surface area contributed by atoms with Gasteiger partial charge >= 0.3 is 6.09 Å². The maximum absolute atomic E-state index is 11.9. The van der Waals surface area contributed by atoms with Crippen molar-refractivity contribution in [1.29, 1.82) is 0 Å². The minimum absolute atomic E-state index is 0.0954. The summed E-state index contributed by atoms with van der Waals surface area (Å²) in [6, 6.07) is 7.40. The second-order valence-electron chi connectivity index (χ2n) is 6.09. The second-order valence-corrected chi connectivity index (χ2v) is 6.09. The van der Waals surface area contributed by atoms with Gasteiger partial charge in [0.05, 0.1) is 18.0 Å². The third kappa shape index (κ3) is 4.08. The van der Waals surface area contributed by atoms with E-state index < -0.39 is 11.7 Å². The minimum atomic E-state index is -0.548. The molecular weight excluding hydrogens is 282 g/mol. The number of benzene rings is 1. The van der Waals surface area contributed by atoms with Crippen molar-refractivity contribution in [3.63, 3.8) is 0 Å². The van der Waals surface area contributed by atoms with Crippen LogP contribution in [0.15, 0.2) is 24.3 Å². The van der Waals surface area contributed by atoms with Crippen LogP contribution < -0.4 is 5.32 Å². The molecule has 2 aromatic rings. The number of aliphatic hydroxyl groups excluding tert-OH is 1. The molecule has 0 aliphatic rings. The number of anilines is 1. The molecule has 0 aliphatic carbocycles. The van der Waals surface area contributed by atoms with E-state index in [1.165, 1.54) is 0 Å². The summed E-state index contributed by atoms with van der Waals surface area (Å²) in [7, 11) is 0. The molecule has 0 unspecified atom stereocenters. The van der Waals surface area contributed by atoms with E-state index in [2.05, 4.69) is 15.5 Å². The van der Waals surface area contributed by atoms with Crippen molar-refractivity contribution < 1.29 is 14.6 Å². The lowest BCUT2D eigenvalue weighted by molar-refractivity contribution is 0.0636. The summed E-state index contributed by atoms with van der Waals surface area (Å²) in [5.41, 5.74) is 3.22. The van der Waals surface area contributed by atoms with E-state index in [0.717, 1.165) is 11.1 Å². The zero-order valence-electron chi connectivity index (χ0n) is 13.2. The van der Waals surface area contributed by atoms with E-state index in [1.807, 2.05) is 45.9 Å². The lowest BCUT2D eigenvalue weighted by Gasteiger charge is -2.20. The van der Waals surface area contributed by atoms with Crippen LogP contribution in [0.1, 0.15) is 32.0 Å². The highest BCUT2D eigenvalue weighted by Crippen LogP contribution is 2.25. The van der Waals surface area contributed by atoms with Gasteiger partial charge in [0.25, 0.3) is 0 Å². The molecule has 1 aromatic heterocycles. The third-order valence-corrected chi connectivity index (χ3v) is 2.97. The second kappa shape index (κ2) is 6.19. The van der Waals surface area contributed by atoms with Gasteiger partial charge in [0.1, 0.15) is 5.60 Å². The van der Waals surface area contributed by atoms with Crippen LogP contribution in [0.3, 0.4) is 0 Å². The molecule has 0 saturated carbocycles. The Kier molecular flexibility index (Phi) is 4.51. The maximum atomic E-state index is 11.9. The molecule has 6 heteroatoms. The number of hydrogen-bond acceptors (Lipinski definition) is 4. The predicted octanol–water partition coefficient (Wildman–Crippen LogP) is 3.22. The molecule has 1 heterocycles. The molecule has 3 N–H and O–H groups in total. The largest absolute Gasteiger partial charge is 0.444 e. The van der Waals surface area contributed by atoms with Crippen LogP contribution in [0.25, 0.3) is 11.3 Å². The number of hydrogen-bond donors (Lipinski definition) is 3. The zero-order chi connectivity index (χ0) is 16.3. The molecule has 22 heavy (non-hydrogen) atoms. The monoisotopic (exact) mass is 303 g/mol. The summed E-state index contributed by atoms with van der Waals surface area (Å²) in [6.07, 6.45) is -0.495. The van der Waals surface area contributed by atoms with Crippen LogP contribution in [-0.4, -0.2) is 27.0 Å². The number of amides is 1. The van der Waals surface area contributed by atoms with E-state index >= 15 is 0 Å². The third-order valence-electron chi connectivity index (χ3n) is 2.97. The van der Waals surface area contributed by atoms with E-state index in [4.69, 9.17) is 9.84 Å². The van der Waals surface area contributed by atoms with Crippen molar-refractivity contribution >= 4 is 11.8 Å². The molecule has 0 aliphatic heterocycles. The quantitative estimate of drug-likeness (QED) is 0.812. The molecule has 1 amide bonds. The normalized spacial score (nSPS) is 11.3. The summed E-state index contributed by atoms with van der Waals surface area (Å²) in [6.45, 7) is 7.25. The summed E-state index contributed by atoms with van der Waals surface area (Å²) in [5, 5.41) is 18.7. The van der Waals surface area contributed by atoms with Gasteiger partial charge in [0.15, 0.2) is 0 Å². The Morgan fingerprint density at radius 3 is 2.68 bits per heavy atom. The number of H-pyrrole nitrogens is 1. The van der Waals surface area contributed by atoms with Crippen LogP contribution in [-0.2, 0) is 11.3 Å². The number of carbonyl (C=O) groups is 1. The first-order chi connectivity index (χ1) is 10.3. The van der Waals surface area contributed by atoms with Crippen LogP contribution in [0.2, 0.25) is 0 Å². The van der Waals surface area contributed by atoms with Crippen molar-refractivity contribution in [3.05, 3.63) is 35.5 Å². The topological polar surface area (TPSA) is 87.2 Å². The van der Waals surface area contributed by atoms with E-state index in [9.17, 15) is 4.79 Å². The SMILES string of the molecule is Cc1ccc(-c2cc(CO)[nH]n2)cc1NC(=O)OC(C)(C)C. The highest BCUT2D eigenvalue weighted by atomic mass is 16.6. The summed E-state index contributed by atoms with van der Waals surface area (Å²) in [5.74, 6) is 0. The molecule has 1 aromatic carbocycles. The molecule has 0 saturated heterocycles. The smallest absolute Gasteiger partial charge is 0.412 e. The fourth-order valence-electron chi connectivity index (χ4n) is 1.92. The number of ether oxygens (including phenoxy) is 1. The average molecular weight is 303 g/mol. The highest BCUT2D eigenvalue weighted by Gasteiger charge is 2.17. The number of nitrogens with one attached hydrogen (secondary N) is 2. The van der Waals surface area contributed by atoms with E-state index in [0.29, 0.717) is 17.1 Å². The molecule has 0 atom stereocenters. The van der Waals surface area contributed by atoms with Crippen LogP contribution in [0, 0.1) is 6.92 Å². The Bertz CT molecular complexity index is 672. The summed E-state index contributed by atoms with van der Waals surface area (Å²) < 4.78 is 5.26. The Labute approximate surface area is 129 Å². The molecule has 0 bridgehead atoms. The van der Waals surface area contributed by atoms with Crippen LogP contribution >= 0.6 is 0 Å². The van der Waals surface area contributed by atoms with Gasteiger partial charge in [-0.3, -0.25) is 10.4 Å². The Balaban J connectivity index is 2.21. The molecule has 0 radical (unpaired) electrons. The zero-order valence-corrected chi connectivity index (χ0v) is 13.2. The number of aromatic nitrogens is 2. The number of rotatable bonds is 3. The van der Waals surface area contributed by atoms with Crippen molar-refractivity contribution in [2.45, 2.75) is 39.9 Å². The first kappa shape index (κ1) is 16.0. The summed E-state index contributed by atoms with van der Waals surface area (Å²) >= 11 is 0. The van der Waals surface area contributed by atoms with Crippen molar-refractivity contribution in [2.24, 2.45) is 0 Å². The van der Waals surface area contributed by atoms with Gasteiger partial charge in [-0.1, -0.05) is 12.1 Å². The molecule has 2 rings (SSSR count). The highest BCUT2D eigenvalue weighted by molar-refractivity contribution is 5.87. The van der Waals surface area contributed by atoms with Crippen LogP contribution in [0.5, 0.6) is 0 Å². The molecule has 0 spiro atoms. The number of carbonyl (C=O) groups excluding carboxylic acids is 1. The van der Waals surface area contributed by atoms with Gasteiger partial charge in [-0.25, -0.2) is 4.79 Å². The van der Waals surface area contributed by atoms with Crippen molar-refractivity contribution in [1.82, 2.24) is 10.2 Å². The predicted molar refractivity (Wildman–Crippen MR) is 84.5 cm³/mol. The van der Waals surface area contributed by atoms with E-state index in [-0.39, 0.29) is 6.61 Å². The molecule has 6 nitrogen and oxygen atoms in total. The fraction of sp³-hybridized carbons (Fsp3) is 0.375. The number of aliphatic hydroxyl groups is 1. The lowest BCUT2D eigenvalue weighted by Crippen LogP contribution is -2.27. The standard InChI is InChI=1S/C16H21N3O3/c1-10-5-6-11(14-8-12(9-20)18-19-14)7-13(10)17-15(21)22-16(2,3)4/h5-8,20H,9H2,1-4H3,(H,17,21)(H,18,19). The number of aromatic amines is 1. The first-order valence-corrected chi connectivity index (χ1v) is 7.04. The first-order valence-electron chi connectivity index (χ1n) is 7.04. The average Bonchev–Trinajstić information content (AvgIpc) is 2.88. The van der Waals surface area contributed by atoms with Gasteiger partial charge in [-0.2, -0.15) is 5.10 Å². The van der Waals surface area contributed by atoms with E-state index in [1.54, 1.807) is 6.07 Å². The maximum Gasteiger partial charge on any atom is 0.412 e. The fourth-order valence-corrected chi connectivity index (χ4v) is 1.92. The lowest BCUT2D eigenvalue weighted by atomic mass is 10.1. The molecular formula is C16H21N3O3. The Morgan fingerprint density at radius 1 is 1.36 bits per heavy atom. The van der Waals surface area contributed by atoms with Gasteiger partial charge in [-0.15, -0.1) is 0 Å². The summed E-state index contributed by atoms with van der Waals surface area (Å²) in [4.78, 5) is 11.9. The van der Waals surface area contributed by atoms with Crippen molar-refractivity contribution in [2.75, 3.05) is 5.32 Å². The van der Waals surface area contributed by atoms with Gasteiger partial charge in [0.2, 0.25) is 0 Å². The minimum Gasteiger partial charge on any atom is -0.444 e. The van der Waals surface area contributed by atoms with Gasteiger partial charge in [0, 0.05) is 11.3 Å². The number of nitrogens with zero attached hydrogens (tertiary/aromatic N) is 1. The Morgan fingerprint density at radius 2 is 2.09 bits per heavy atom. The van der Waals surface area contributed by atoms with Crippen molar-refractivity contribution in [3.8, 4) is 11.3 Å². The molecule has 118 valence electrons. The molecule has 0 fully saturated rings. The number of aryl methyl sites for hydroxylation is 1. The van der Waals surface area contributed by atoms with Gasteiger partial charge in [-0.05, 0) is 45.4 Å². The van der Waals surface area contributed by atoms with Gasteiger partial charge < -0.3 is 9.84 Å². The Hall–Kier alpha value is -2.34.